The van der Waals surface area contributed by atoms with Gasteiger partial charge in [-0.25, -0.2) is 0 Å². The highest BCUT2D eigenvalue weighted by Crippen LogP contribution is 2.31. The quantitative estimate of drug-likeness (QED) is 0.585. The van der Waals surface area contributed by atoms with Crippen LogP contribution in [0.3, 0.4) is 0 Å². The summed E-state index contributed by atoms with van der Waals surface area (Å²) in [4.78, 5) is 24.0. The molecule has 1 aromatic rings. The Balaban J connectivity index is 1.97. The number of rotatable bonds is 5. The van der Waals surface area contributed by atoms with Gasteiger partial charge in [0.1, 0.15) is 5.25 Å². The van der Waals surface area contributed by atoms with Gasteiger partial charge in [0.05, 0.1) is 5.56 Å². The van der Waals surface area contributed by atoms with Crippen LogP contribution in [0, 0.1) is 5.92 Å². The third-order valence-corrected chi connectivity index (χ3v) is 4.83. The molecule has 10 heteroatoms. The monoisotopic (exact) mass is 400 g/mol. The van der Waals surface area contributed by atoms with Crippen molar-refractivity contribution in [2.24, 2.45) is 16.1 Å². The molecule has 1 fully saturated rings. The highest BCUT2D eigenvalue weighted by Gasteiger charge is 2.33. The molecule has 146 valence electrons. The Kier molecular flexibility index (Phi) is 6.63. The highest BCUT2D eigenvalue weighted by atomic mass is 32.2. The van der Waals surface area contributed by atoms with E-state index < -0.39 is 28.8 Å². The van der Waals surface area contributed by atoms with Crippen LogP contribution in [0.15, 0.2) is 34.5 Å². The van der Waals surface area contributed by atoms with Crippen molar-refractivity contribution in [3.8, 4) is 0 Å². The standard InChI is InChI=1S/C17H19F3N4O2S/c1-9(2)10(3)23-24-16-22-15(26)13(27-16)8-14(25)21-12-6-4-5-11(7-12)17(18,19)20/h4-7,9,13H,8H2,1-3H3,(H,21,25)(H,22,24,26)/t13-/m1/s1. The molecular formula is C17H19F3N4O2S. The summed E-state index contributed by atoms with van der Waals surface area (Å²) >= 11 is 1.06. The number of nitrogens with zero attached hydrogens (tertiary/aromatic N) is 2. The first-order valence-electron chi connectivity index (χ1n) is 8.13. The Hall–Kier alpha value is -2.36. The van der Waals surface area contributed by atoms with E-state index in [0.29, 0.717) is 0 Å². The summed E-state index contributed by atoms with van der Waals surface area (Å²) in [6.07, 6.45) is -4.69. The fourth-order valence-corrected chi connectivity index (χ4v) is 2.90. The molecule has 2 amide bonds. The van der Waals surface area contributed by atoms with Gasteiger partial charge in [0.15, 0.2) is 5.17 Å². The van der Waals surface area contributed by atoms with E-state index in [2.05, 4.69) is 20.8 Å². The lowest BCUT2D eigenvalue weighted by Gasteiger charge is -2.10. The molecule has 2 N–H and O–H groups in total. The molecule has 1 atom stereocenters. The highest BCUT2D eigenvalue weighted by molar-refractivity contribution is 8.15. The van der Waals surface area contributed by atoms with Crippen LogP contribution in [0.2, 0.25) is 0 Å². The van der Waals surface area contributed by atoms with Crippen LogP contribution < -0.4 is 10.6 Å². The van der Waals surface area contributed by atoms with Crippen molar-refractivity contribution in [2.75, 3.05) is 5.32 Å². The largest absolute Gasteiger partial charge is 0.416 e. The first-order valence-corrected chi connectivity index (χ1v) is 9.01. The van der Waals surface area contributed by atoms with E-state index in [9.17, 15) is 22.8 Å². The van der Waals surface area contributed by atoms with E-state index in [-0.39, 0.29) is 23.2 Å². The maximum absolute atomic E-state index is 12.7. The second-order valence-electron chi connectivity index (χ2n) is 6.23. The maximum Gasteiger partial charge on any atom is 0.416 e. The molecule has 0 bridgehead atoms. The Morgan fingerprint density at radius 1 is 1.37 bits per heavy atom. The molecule has 27 heavy (non-hydrogen) atoms. The number of amides is 2. The van der Waals surface area contributed by atoms with Crippen molar-refractivity contribution in [1.29, 1.82) is 0 Å². The molecule has 0 aromatic heterocycles. The van der Waals surface area contributed by atoms with Crippen LogP contribution in [0.25, 0.3) is 0 Å². The SMILES string of the molecule is CC(=NN=C1NC(=O)[C@@H](CC(=O)Nc2cccc(C(F)(F)F)c2)S1)C(C)C. The lowest BCUT2D eigenvalue weighted by atomic mass is 10.1. The summed E-state index contributed by atoms with van der Waals surface area (Å²) in [5.41, 5.74) is -0.0477. The van der Waals surface area contributed by atoms with Gasteiger partial charge in [-0.05, 0) is 31.0 Å². The molecule has 1 heterocycles. The molecule has 1 aromatic carbocycles. The number of anilines is 1. The number of alkyl halides is 3. The zero-order valence-electron chi connectivity index (χ0n) is 14.9. The Morgan fingerprint density at radius 2 is 2.07 bits per heavy atom. The summed E-state index contributed by atoms with van der Waals surface area (Å²) in [5.74, 6) is -0.745. The van der Waals surface area contributed by atoms with E-state index in [1.54, 1.807) is 0 Å². The van der Waals surface area contributed by atoms with Crippen molar-refractivity contribution in [2.45, 2.75) is 38.6 Å². The minimum absolute atomic E-state index is 0.0179. The number of nitrogens with one attached hydrogen (secondary N) is 2. The molecule has 0 saturated carbocycles. The fraction of sp³-hybridized carbons (Fsp3) is 0.412. The van der Waals surface area contributed by atoms with Gasteiger partial charge in [-0.15, -0.1) is 5.10 Å². The average molecular weight is 400 g/mol. The minimum atomic E-state index is -4.50. The molecule has 0 aliphatic carbocycles. The summed E-state index contributed by atoms with van der Waals surface area (Å²) in [6.45, 7) is 5.73. The maximum atomic E-state index is 12.7. The number of hydrogen-bond donors (Lipinski definition) is 2. The first-order chi connectivity index (χ1) is 12.6. The number of amidine groups is 1. The summed E-state index contributed by atoms with van der Waals surface area (Å²) in [6, 6.07) is 4.31. The lowest BCUT2D eigenvalue weighted by Crippen LogP contribution is -2.28. The number of thioether (sulfide) groups is 1. The Morgan fingerprint density at radius 3 is 2.70 bits per heavy atom. The van der Waals surface area contributed by atoms with Crippen molar-refractivity contribution in [3.05, 3.63) is 29.8 Å². The predicted octanol–water partition coefficient (Wildman–Crippen LogP) is 3.65. The molecule has 1 saturated heterocycles. The average Bonchev–Trinajstić information content (AvgIpc) is 2.91. The Bertz CT molecular complexity index is 791. The predicted molar refractivity (Wildman–Crippen MR) is 99.6 cm³/mol. The van der Waals surface area contributed by atoms with Gasteiger partial charge in [-0.2, -0.15) is 18.3 Å². The summed E-state index contributed by atoms with van der Waals surface area (Å²) in [7, 11) is 0. The number of carbonyl (C=O) groups excluding carboxylic acids is 2. The molecule has 1 aliphatic heterocycles. The smallest absolute Gasteiger partial charge is 0.326 e. The minimum Gasteiger partial charge on any atom is -0.326 e. The van der Waals surface area contributed by atoms with Crippen LogP contribution in [-0.2, 0) is 15.8 Å². The second kappa shape index (κ2) is 8.55. The third-order valence-electron chi connectivity index (χ3n) is 3.76. The molecule has 1 aliphatic rings. The third kappa shape index (κ3) is 6.09. The molecular weight excluding hydrogens is 381 g/mol. The van der Waals surface area contributed by atoms with Crippen LogP contribution in [-0.4, -0.2) is 27.9 Å². The van der Waals surface area contributed by atoms with E-state index in [1.165, 1.54) is 12.1 Å². The van der Waals surface area contributed by atoms with Crippen LogP contribution in [0.1, 0.15) is 32.8 Å². The lowest BCUT2D eigenvalue weighted by molar-refractivity contribution is -0.137. The zero-order valence-corrected chi connectivity index (χ0v) is 15.7. The normalized spacial score (nSPS) is 19.5. The molecule has 6 nitrogen and oxygen atoms in total. The number of hydrogen-bond acceptors (Lipinski definition) is 5. The van der Waals surface area contributed by atoms with Crippen molar-refractivity contribution in [3.63, 3.8) is 0 Å². The Labute approximate surface area is 158 Å². The van der Waals surface area contributed by atoms with Crippen molar-refractivity contribution in [1.82, 2.24) is 5.32 Å². The molecule has 2 rings (SSSR count). The van der Waals surface area contributed by atoms with E-state index >= 15 is 0 Å². The zero-order chi connectivity index (χ0) is 20.2. The van der Waals surface area contributed by atoms with E-state index in [1.807, 2.05) is 20.8 Å². The number of benzene rings is 1. The second-order valence-corrected chi connectivity index (χ2v) is 7.42. The first kappa shape index (κ1) is 20.9. The van der Waals surface area contributed by atoms with Gasteiger partial charge in [0.2, 0.25) is 11.8 Å². The summed E-state index contributed by atoms with van der Waals surface area (Å²) < 4.78 is 38.1. The van der Waals surface area contributed by atoms with Crippen LogP contribution >= 0.6 is 11.8 Å². The number of carbonyl (C=O) groups is 2. The summed E-state index contributed by atoms with van der Waals surface area (Å²) in [5, 5.41) is 12.5. The van der Waals surface area contributed by atoms with Gasteiger partial charge in [-0.3, -0.25) is 9.59 Å². The van der Waals surface area contributed by atoms with E-state index in [0.717, 1.165) is 29.6 Å². The van der Waals surface area contributed by atoms with Crippen molar-refractivity contribution < 1.29 is 22.8 Å². The fourth-order valence-electron chi connectivity index (χ4n) is 1.98. The van der Waals surface area contributed by atoms with E-state index in [4.69, 9.17) is 0 Å². The van der Waals surface area contributed by atoms with Gasteiger partial charge >= 0.3 is 6.18 Å². The molecule has 0 unspecified atom stereocenters. The van der Waals surface area contributed by atoms with Crippen molar-refractivity contribution >= 4 is 40.1 Å². The van der Waals surface area contributed by atoms with Gasteiger partial charge in [0, 0.05) is 17.8 Å². The molecule has 0 spiro atoms. The van der Waals surface area contributed by atoms with Gasteiger partial charge < -0.3 is 10.6 Å². The van der Waals surface area contributed by atoms with Gasteiger partial charge in [-0.1, -0.05) is 31.7 Å². The van der Waals surface area contributed by atoms with Crippen LogP contribution in [0.5, 0.6) is 0 Å². The van der Waals surface area contributed by atoms with Crippen LogP contribution in [0.4, 0.5) is 18.9 Å². The molecule has 0 radical (unpaired) electrons. The van der Waals surface area contributed by atoms with Gasteiger partial charge in [0.25, 0.3) is 0 Å². The topological polar surface area (TPSA) is 82.9 Å². The number of halogens is 3.